The second-order valence-electron chi connectivity index (χ2n) is 7.39. The molecule has 2 aromatic carbocycles. The first-order chi connectivity index (χ1) is 16.7. The highest BCUT2D eigenvalue weighted by Crippen LogP contribution is 2.31. The number of aromatic nitrogens is 1. The highest BCUT2D eigenvalue weighted by Gasteiger charge is 2.16. The van der Waals surface area contributed by atoms with Crippen LogP contribution in [0.2, 0.25) is 5.02 Å². The van der Waals surface area contributed by atoms with Crippen LogP contribution in [-0.2, 0) is 0 Å². The predicted molar refractivity (Wildman–Crippen MR) is 145 cm³/mol. The van der Waals surface area contributed by atoms with Gasteiger partial charge in [-0.2, -0.15) is 0 Å². The van der Waals surface area contributed by atoms with Gasteiger partial charge in [-0.05, 0) is 74.3 Å². The largest absolute Gasteiger partial charge is 0.360 e. The number of halogens is 1. The Morgan fingerprint density at radius 1 is 1.18 bits per heavy atom. The van der Waals surface area contributed by atoms with Gasteiger partial charge in [-0.1, -0.05) is 30.2 Å². The third kappa shape index (κ3) is 6.50. The van der Waals surface area contributed by atoms with Crippen molar-refractivity contribution in [2.24, 2.45) is 10.7 Å². The summed E-state index contributed by atoms with van der Waals surface area (Å²) >= 11 is 8.31. The number of nitrogens with two attached hydrogens (primary N) is 1. The lowest BCUT2D eigenvalue weighted by molar-refractivity contribution is 0.102. The van der Waals surface area contributed by atoms with E-state index in [4.69, 9.17) is 17.0 Å². The van der Waals surface area contributed by atoms with Crippen LogP contribution >= 0.6 is 23.5 Å². The molecule has 1 aromatic heterocycles. The molecular weight excluding hydrogens is 468 g/mol. The van der Waals surface area contributed by atoms with Crippen LogP contribution in [0.5, 0.6) is 0 Å². The van der Waals surface area contributed by atoms with Crippen molar-refractivity contribution in [2.75, 3.05) is 29.0 Å². The van der Waals surface area contributed by atoms with Crippen molar-refractivity contribution in [2.45, 2.75) is 19.3 Å². The maximum atomic E-state index is 12.9. The lowest BCUT2D eigenvalue weighted by atomic mass is 10.1. The number of nitrogens with one attached hydrogen (secondary N) is 3. The fourth-order valence-electron chi connectivity index (χ4n) is 3.60. The quantitative estimate of drug-likeness (QED) is 0.203. The molecule has 2 heterocycles. The van der Waals surface area contributed by atoms with Crippen molar-refractivity contribution in [3.05, 3.63) is 82.6 Å². The van der Waals surface area contributed by atoms with E-state index in [2.05, 4.69) is 25.3 Å². The molecule has 4 rings (SSSR count). The molecular formula is C25H29ClN6OS. The van der Waals surface area contributed by atoms with E-state index in [-0.39, 0.29) is 5.91 Å². The summed E-state index contributed by atoms with van der Waals surface area (Å²) < 4.78 is 2.26. The molecule has 34 heavy (non-hydrogen) atoms. The minimum atomic E-state index is -0.271. The number of aliphatic imine (C=N–C) groups is 1. The zero-order valence-corrected chi connectivity index (χ0v) is 20.6. The molecule has 0 bridgehead atoms. The average molecular weight is 497 g/mol. The van der Waals surface area contributed by atoms with Gasteiger partial charge < -0.3 is 20.3 Å². The summed E-state index contributed by atoms with van der Waals surface area (Å²) in [5.74, 6) is 0.828. The van der Waals surface area contributed by atoms with Gasteiger partial charge in [-0.3, -0.25) is 10.2 Å². The molecule has 5 N–H and O–H groups in total. The van der Waals surface area contributed by atoms with Gasteiger partial charge in [0.2, 0.25) is 0 Å². The number of carbonyl (C=O) groups is 1. The highest BCUT2D eigenvalue weighted by atomic mass is 35.5. The summed E-state index contributed by atoms with van der Waals surface area (Å²) in [6.07, 6.45) is 6.44. The van der Waals surface area contributed by atoms with E-state index in [0.717, 1.165) is 42.0 Å². The summed E-state index contributed by atoms with van der Waals surface area (Å²) in [5.41, 5.74) is 8.78. The molecule has 0 unspecified atom stereocenters. The Kier molecular flexibility index (Phi) is 9.75. The molecule has 0 spiro atoms. The number of hydrogen-bond acceptors (Lipinski definition) is 5. The molecule has 0 radical (unpaired) electrons. The number of rotatable bonds is 6. The van der Waals surface area contributed by atoms with Gasteiger partial charge in [0.25, 0.3) is 5.91 Å². The third-order valence-electron chi connectivity index (χ3n) is 5.18. The number of aromatic amines is 1. The van der Waals surface area contributed by atoms with Gasteiger partial charge in [0.05, 0.1) is 22.0 Å². The second-order valence-corrected chi connectivity index (χ2v) is 8.90. The van der Waals surface area contributed by atoms with Gasteiger partial charge in [-0.25, -0.2) is 4.99 Å². The van der Waals surface area contributed by atoms with E-state index in [0.29, 0.717) is 22.0 Å². The Labute approximate surface area is 209 Å². The molecule has 9 heteroatoms. The smallest absolute Gasteiger partial charge is 0.257 e. The first-order valence-electron chi connectivity index (χ1n) is 11.1. The fourth-order valence-corrected chi connectivity index (χ4v) is 4.94. The number of H-pyrrole nitrogens is 1. The van der Waals surface area contributed by atoms with E-state index in [1.807, 2.05) is 60.5 Å². The monoisotopic (exact) mass is 496 g/mol. The molecule has 1 aliphatic rings. The Hall–Kier alpha value is -3.07. The SMILES string of the molecule is CN.N=CN=C(c1cccc(NC(=O)c2ccc(N3CCCCCS3)cc2Cl)c1)c1ccc[nH]1. The van der Waals surface area contributed by atoms with Crippen LogP contribution in [0.4, 0.5) is 11.4 Å². The normalized spacial score (nSPS) is 14.0. The molecule has 0 atom stereocenters. The zero-order chi connectivity index (χ0) is 24.3. The van der Waals surface area contributed by atoms with Crippen LogP contribution in [0.15, 0.2) is 65.8 Å². The highest BCUT2D eigenvalue weighted by molar-refractivity contribution is 8.00. The lowest BCUT2D eigenvalue weighted by Gasteiger charge is -2.21. The number of nitrogens with zero attached hydrogens (tertiary/aromatic N) is 2. The maximum absolute atomic E-state index is 12.9. The van der Waals surface area contributed by atoms with Gasteiger partial charge in [-0.15, -0.1) is 0 Å². The van der Waals surface area contributed by atoms with E-state index in [1.54, 1.807) is 12.3 Å². The number of benzene rings is 2. The van der Waals surface area contributed by atoms with Crippen LogP contribution < -0.4 is 15.4 Å². The molecule has 178 valence electrons. The van der Waals surface area contributed by atoms with Crippen LogP contribution in [0.25, 0.3) is 0 Å². The molecule has 0 saturated carbocycles. The van der Waals surface area contributed by atoms with Crippen LogP contribution in [0, 0.1) is 5.41 Å². The Balaban J connectivity index is 0.00000158. The van der Waals surface area contributed by atoms with Gasteiger partial charge in [0.1, 0.15) is 6.34 Å². The van der Waals surface area contributed by atoms with Crippen molar-refractivity contribution in [1.29, 1.82) is 5.41 Å². The minimum Gasteiger partial charge on any atom is -0.360 e. The summed E-state index contributed by atoms with van der Waals surface area (Å²) in [7, 11) is 1.50. The average Bonchev–Trinajstić information content (AvgIpc) is 3.25. The molecule has 7 nitrogen and oxygen atoms in total. The zero-order valence-electron chi connectivity index (χ0n) is 19.1. The maximum Gasteiger partial charge on any atom is 0.257 e. The Morgan fingerprint density at radius 2 is 2.03 bits per heavy atom. The number of amides is 1. The van der Waals surface area contributed by atoms with Crippen molar-refractivity contribution in [3.63, 3.8) is 0 Å². The third-order valence-corrected chi connectivity index (χ3v) is 6.67. The van der Waals surface area contributed by atoms with E-state index in [1.165, 1.54) is 19.9 Å². The number of anilines is 2. The first-order valence-corrected chi connectivity index (χ1v) is 12.4. The van der Waals surface area contributed by atoms with Crippen molar-refractivity contribution in [1.82, 2.24) is 4.98 Å². The van der Waals surface area contributed by atoms with E-state index >= 15 is 0 Å². The number of hydrogen-bond donors (Lipinski definition) is 4. The lowest BCUT2D eigenvalue weighted by Crippen LogP contribution is -2.16. The summed E-state index contributed by atoms with van der Waals surface area (Å²) in [4.78, 5) is 20.2. The van der Waals surface area contributed by atoms with Crippen molar-refractivity contribution in [3.8, 4) is 0 Å². The Morgan fingerprint density at radius 3 is 2.76 bits per heavy atom. The molecule has 1 aliphatic heterocycles. The van der Waals surface area contributed by atoms with Gasteiger partial charge >= 0.3 is 0 Å². The minimum absolute atomic E-state index is 0.271. The molecule has 0 aliphatic carbocycles. The van der Waals surface area contributed by atoms with Crippen LogP contribution in [0.1, 0.15) is 40.9 Å². The first kappa shape index (κ1) is 25.6. The van der Waals surface area contributed by atoms with Crippen molar-refractivity contribution >= 4 is 52.9 Å². The second kappa shape index (κ2) is 13.0. The van der Waals surface area contributed by atoms with Crippen molar-refractivity contribution < 1.29 is 4.79 Å². The fraction of sp³-hybridized carbons (Fsp3) is 0.240. The van der Waals surface area contributed by atoms with Crippen LogP contribution in [0.3, 0.4) is 0 Å². The van der Waals surface area contributed by atoms with E-state index in [9.17, 15) is 4.79 Å². The predicted octanol–water partition coefficient (Wildman–Crippen LogP) is 5.58. The summed E-state index contributed by atoms with van der Waals surface area (Å²) in [5, 5.41) is 10.7. The topological polar surface area (TPSA) is 110 Å². The molecule has 3 aromatic rings. The molecule has 1 fully saturated rings. The Bertz CT molecular complexity index is 1120. The summed E-state index contributed by atoms with van der Waals surface area (Å²) in [6, 6.07) is 16.7. The van der Waals surface area contributed by atoms with Gasteiger partial charge in [0, 0.05) is 35.4 Å². The standard InChI is InChI=1S/C24H24ClN5OS.CH5N/c25-21-15-19(30-12-2-1-3-13-32-30)9-10-20(21)24(31)29-18-7-4-6-17(14-18)23(28-16-26)22-8-5-11-27-22;1-2/h4-11,14-16,26-27H,1-3,12-13H2,(H,29,31);2H2,1H3. The van der Waals surface area contributed by atoms with Gasteiger partial charge in [0.15, 0.2) is 0 Å². The molecule has 1 amide bonds. The summed E-state index contributed by atoms with van der Waals surface area (Å²) in [6.45, 7) is 0.986. The number of carbonyl (C=O) groups excluding carboxylic acids is 1. The molecule has 1 saturated heterocycles. The van der Waals surface area contributed by atoms with Crippen LogP contribution in [-0.4, -0.2) is 42.3 Å². The van der Waals surface area contributed by atoms with E-state index < -0.39 is 0 Å².